The molecule has 2 rings (SSSR count). The van der Waals surface area contributed by atoms with E-state index in [0.717, 1.165) is 0 Å². The molecule has 0 fully saturated rings. The van der Waals surface area contributed by atoms with Crippen molar-refractivity contribution in [3.8, 4) is 0 Å². The van der Waals surface area contributed by atoms with Crippen molar-refractivity contribution in [1.29, 1.82) is 0 Å². The summed E-state index contributed by atoms with van der Waals surface area (Å²) in [4.78, 5) is 0. The van der Waals surface area contributed by atoms with E-state index >= 15 is 0 Å². The lowest BCUT2D eigenvalue weighted by molar-refractivity contribution is 0.136. The van der Waals surface area contributed by atoms with Crippen LogP contribution in [0.1, 0.15) is 12.5 Å². The molecule has 0 amide bonds. The summed E-state index contributed by atoms with van der Waals surface area (Å²) >= 11 is 0. The Morgan fingerprint density at radius 1 is 0.783 bits per heavy atom. The molecule has 0 radical (unpaired) electrons. The zero-order valence-corrected chi connectivity index (χ0v) is 11.1. The fraction of sp³-hybridized carbons (Fsp3) is 0.231. The van der Waals surface area contributed by atoms with Crippen molar-refractivity contribution in [1.82, 2.24) is 0 Å². The molecule has 1 aliphatic carbocycles. The van der Waals surface area contributed by atoms with Crippen molar-refractivity contribution < 1.29 is 39.5 Å². The fourth-order valence-electron chi connectivity index (χ4n) is 2.16. The number of alkyl halides is 2. The summed E-state index contributed by atoms with van der Waals surface area (Å²) in [6.07, 6.45) is -3.10. The Kier molecular flexibility index (Phi) is 3.90. The van der Waals surface area contributed by atoms with Gasteiger partial charge in [0.1, 0.15) is 0 Å². The summed E-state index contributed by atoms with van der Waals surface area (Å²) < 4.78 is 122. The fourth-order valence-corrected chi connectivity index (χ4v) is 2.16. The molecule has 2 unspecified atom stereocenters. The summed E-state index contributed by atoms with van der Waals surface area (Å²) in [6.45, 7) is 0.226. The molecule has 2 atom stereocenters. The second-order valence-electron chi connectivity index (χ2n) is 4.84. The third-order valence-corrected chi connectivity index (χ3v) is 3.36. The molecule has 126 valence electrons. The van der Waals surface area contributed by atoms with Crippen LogP contribution in [0.25, 0.3) is 5.57 Å². The summed E-state index contributed by atoms with van der Waals surface area (Å²) in [5.74, 6) is -17.4. The molecular formula is C13H6F9N. The smallest absolute Gasteiger partial charge is 0.200 e. The van der Waals surface area contributed by atoms with Crippen LogP contribution in [0, 0.1) is 29.1 Å². The first-order valence-electron chi connectivity index (χ1n) is 5.85. The van der Waals surface area contributed by atoms with Crippen LogP contribution >= 0.6 is 0 Å². The lowest BCUT2D eigenvalue weighted by Gasteiger charge is -2.32. The van der Waals surface area contributed by atoms with Crippen LogP contribution in [-0.4, -0.2) is 11.8 Å². The highest BCUT2D eigenvalue weighted by atomic mass is 19.2. The van der Waals surface area contributed by atoms with Gasteiger partial charge in [0.25, 0.3) is 0 Å². The van der Waals surface area contributed by atoms with E-state index in [1.807, 2.05) is 0 Å². The van der Waals surface area contributed by atoms with Crippen LogP contribution in [0.2, 0.25) is 0 Å². The number of rotatable bonds is 1. The monoisotopic (exact) mass is 347 g/mol. The highest BCUT2D eigenvalue weighted by molar-refractivity contribution is 5.80. The Hall–Kier alpha value is -2.13. The lowest BCUT2D eigenvalue weighted by atomic mass is 9.81. The molecule has 0 heterocycles. The number of halogens is 9. The maximum atomic E-state index is 14.4. The van der Waals surface area contributed by atoms with Crippen LogP contribution in [0.5, 0.6) is 0 Å². The van der Waals surface area contributed by atoms with Gasteiger partial charge < -0.3 is 5.73 Å². The van der Waals surface area contributed by atoms with E-state index in [9.17, 15) is 39.5 Å². The largest absolute Gasteiger partial charge is 0.397 e. The summed E-state index contributed by atoms with van der Waals surface area (Å²) in [5.41, 5.74) is -4.51. The predicted molar refractivity (Wildman–Crippen MR) is 61.0 cm³/mol. The quantitative estimate of drug-likeness (QED) is 0.458. The van der Waals surface area contributed by atoms with Gasteiger partial charge in [0.15, 0.2) is 46.8 Å². The molecule has 0 bridgehead atoms. The molecule has 0 saturated heterocycles. The van der Waals surface area contributed by atoms with Gasteiger partial charge >= 0.3 is 0 Å². The van der Waals surface area contributed by atoms with Crippen molar-refractivity contribution in [2.45, 2.75) is 18.8 Å². The van der Waals surface area contributed by atoms with Gasteiger partial charge in [-0.15, -0.1) is 0 Å². The van der Waals surface area contributed by atoms with Gasteiger partial charge in [-0.05, 0) is 6.92 Å². The van der Waals surface area contributed by atoms with Gasteiger partial charge in [-0.25, -0.2) is 39.5 Å². The van der Waals surface area contributed by atoms with Crippen LogP contribution in [0.15, 0.2) is 17.4 Å². The average molecular weight is 347 g/mol. The van der Waals surface area contributed by atoms with Gasteiger partial charge in [0, 0.05) is 5.57 Å². The van der Waals surface area contributed by atoms with E-state index in [2.05, 4.69) is 0 Å². The highest BCUT2D eigenvalue weighted by Gasteiger charge is 2.51. The minimum absolute atomic E-state index is 0.226. The third kappa shape index (κ3) is 2.19. The molecule has 23 heavy (non-hydrogen) atoms. The Morgan fingerprint density at radius 2 is 1.17 bits per heavy atom. The number of hydrogen-bond acceptors (Lipinski definition) is 1. The SMILES string of the molecule is CC1(F)C(c2c(F)c(F)c(F)c(F)c2F)=C(F)C(F)=C(N)C1F. The Balaban J connectivity index is 2.96. The molecule has 0 aromatic heterocycles. The standard InChI is InChI=1S/C13H6F9N/c1-13(22)3(6(16)10(20)11(23)12(13)21)2-4(14)7(17)9(19)8(18)5(2)15/h12H,23H2,1H3. The molecule has 10 heteroatoms. The second kappa shape index (κ2) is 5.20. The zero-order chi connectivity index (χ0) is 17.9. The van der Waals surface area contributed by atoms with E-state index in [1.54, 1.807) is 0 Å². The first-order valence-corrected chi connectivity index (χ1v) is 5.85. The molecule has 1 nitrogen and oxygen atoms in total. The Labute approximate surface area is 122 Å². The average Bonchev–Trinajstić information content (AvgIpc) is 2.50. The van der Waals surface area contributed by atoms with Crippen molar-refractivity contribution in [2.24, 2.45) is 5.73 Å². The molecule has 0 aliphatic heterocycles. The van der Waals surface area contributed by atoms with Crippen LogP contribution < -0.4 is 5.73 Å². The van der Waals surface area contributed by atoms with Gasteiger partial charge in [-0.2, -0.15) is 0 Å². The van der Waals surface area contributed by atoms with Gasteiger partial charge in [-0.1, -0.05) is 0 Å². The number of allylic oxidation sites excluding steroid dienone is 4. The topological polar surface area (TPSA) is 26.0 Å². The number of hydrogen-bond donors (Lipinski definition) is 1. The normalized spacial score (nSPS) is 25.4. The van der Waals surface area contributed by atoms with E-state index in [-0.39, 0.29) is 6.92 Å². The molecule has 0 spiro atoms. The summed E-state index contributed by atoms with van der Waals surface area (Å²) in [7, 11) is 0. The van der Waals surface area contributed by atoms with E-state index < -0.39 is 69.4 Å². The third-order valence-electron chi connectivity index (χ3n) is 3.36. The van der Waals surface area contributed by atoms with Crippen molar-refractivity contribution >= 4 is 5.57 Å². The van der Waals surface area contributed by atoms with Crippen molar-refractivity contribution in [3.63, 3.8) is 0 Å². The summed E-state index contributed by atoms with van der Waals surface area (Å²) in [6, 6.07) is 0. The maximum Gasteiger partial charge on any atom is 0.200 e. The molecule has 1 aliphatic rings. The van der Waals surface area contributed by atoms with Gasteiger partial charge in [0.05, 0.1) is 11.3 Å². The van der Waals surface area contributed by atoms with E-state index in [4.69, 9.17) is 5.73 Å². The van der Waals surface area contributed by atoms with E-state index in [1.165, 1.54) is 0 Å². The van der Waals surface area contributed by atoms with Crippen LogP contribution in [-0.2, 0) is 0 Å². The molecule has 1 aromatic carbocycles. The summed E-state index contributed by atoms with van der Waals surface area (Å²) in [5, 5.41) is 0. The second-order valence-corrected chi connectivity index (χ2v) is 4.84. The molecular weight excluding hydrogens is 341 g/mol. The predicted octanol–water partition coefficient (Wildman–Crippen LogP) is 4.28. The highest BCUT2D eigenvalue weighted by Crippen LogP contribution is 2.48. The molecule has 2 N–H and O–H groups in total. The maximum absolute atomic E-state index is 14.4. The number of benzene rings is 1. The van der Waals surface area contributed by atoms with Crippen molar-refractivity contribution in [3.05, 3.63) is 52.0 Å². The van der Waals surface area contributed by atoms with Crippen LogP contribution in [0.3, 0.4) is 0 Å². The Bertz CT molecular complexity index is 734. The lowest BCUT2D eigenvalue weighted by Crippen LogP contribution is -2.41. The minimum Gasteiger partial charge on any atom is -0.397 e. The van der Waals surface area contributed by atoms with E-state index in [0.29, 0.717) is 0 Å². The first-order chi connectivity index (χ1) is 10.4. The first kappa shape index (κ1) is 17.2. The molecule has 1 aromatic rings. The van der Waals surface area contributed by atoms with Gasteiger partial charge in [0.2, 0.25) is 5.82 Å². The van der Waals surface area contributed by atoms with Crippen LogP contribution in [0.4, 0.5) is 39.5 Å². The Morgan fingerprint density at radius 3 is 1.61 bits per heavy atom. The van der Waals surface area contributed by atoms with Gasteiger partial charge in [-0.3, -0.25) is 0 Å². The number of nitrogens with two attached hydrogens (primary N) is 1. The van der Waals surface area contributed by atoms with Crippen molar-refractivity contribution in [2.75, 3.05) is 0 Å². The molecule has 0 saturated carbocycles. The zero-order valence-electron chi connectivity index (χ0n) is 11.1. The minimum atomic E-state index is -3.68.